The number of rotatable bonds is 10. The van der Waals surface area contributed by atoms with Crippen LogP contribution in [-0.2, 0) is 16.8 Å². The molecule has 1 aromatic carbocycles. The predicted molar refractivity (Wildman–Crippen MR) is 87.2 cm³/mol. The highest BCUT2D eigenvalue weighted by molar-refractivity contribution is 7.86. The minimum absolute atomic E-state index is 0.390. The lowest BCUT2D eigenvalue weighted by Crippen LogP contribution is -2.40. The average molecular weight is 313 g/mol. The molecular weight excluding hydrogens is 286 g/mol. The van der Waals surface area contributed by atoms with Crippen LogP contribution in [0.2, 0.25) is 0 Å². The molecule has 1 rings (SSSR count). The highest BCUT2D eigenvalue weighted by Crippen LogP contribution is 2.10. The van der Waals surface area contributed by atoms with E-state index >= 15 is 0 Å². The summed E-state index contributed by atoms with van der Waals surface area (Å²) >= 11 is 0. The van der Waals surface area contributed by atoms with Gasteiger partial charge in [-0.2, -0.15) is 17.0 Å². The molecule has 0 aliphatic heterocycles. The van der Waals surface area contributed by atoms with Gasteiger partial charge in [0, 0.05) is 27.2 Å². The van der Waals surface area contributed by atoms with Gasteiger partial charge in [0.05, 0.1) is 0 Å². The van der Waals surface area contributed by atoms with E-state index in [0.717, 1.165) is 31.5 Å². The van der Waals surface area contributed by atoms with Crippen LogP contribution in [0, 0.1) is 0 Å². The van der Waals surface area contributed by atoms with Gasteiger partial charge >= 0.3 is 0 Å². The summed E-state index contributed by atoms with van der Waals surface area (Å²) in [7, 11) is -0.136. The Morgan fingerprint density at radius 3 is 2.33 bits per heavy atom. The van der Waals surface area contributed by atoms with Gasteiger partial charge in [-0.3, -0.25) is 0 Å². The monoisotopic (exact) mass is 313 g/mol. The third-order valence-electron chi connectivity index (χ3n) is 3.29. The third kappa shape index (κ3) is 6.13. The number of nitrogens with one attached hydrogen (secondary N) is 1. The molecule has 6 heteroatoms. The van der Waals surface area contributed by atoms with Crippen molar-refractivity contribution < 1.29 is 8.42 Å². The molecule has 21 heavy (non-hydrogen) atoms. The average Bonchev–Trinajstić information content (AvgIpc) is 2.47. The van der Waals surface area contributed by atoms with Crippen LogP contribution in [0.1, 0.15) is 25.3 Å². The van der Waals surface area contributed by atoms with Crippen molar-refractivity contribution in [3.05, 3.63) is 35.9 Å². The maximum Gasteiger partial charge on any atom is 0.281 e. The molecule has 0 atom stereocenters. The van der Waals surface area contributed by atoms with Crippen molar-refractivity contribution in [3.63, 3.8) is 0 Å². The molecule has 0 spiro atoms. The quantitative estimate of drug-likeness (QED) is 0.669. The summed E-state index contributed by atoms with van der Waals surface area (Å²) in [4.78, 5) is 0. The molecule has 0 radical (unpaired) electrons. The Morgan fingerprint density at radius 1 is 1.05 bits per heavy atom. The molecule has 5 nitrogen and oxygen atoms in total. The first-order chi connectivity index (χ1) is 9.98. The smallest absolute Gasteiger partial charge is 0.281 e. The molecule has 0 aromatic heterocycles. The summed E-state index contributed by atoms with van der Waals surface area (Å²) in [6, 6.07) is 9.62. The Labute approximate surface area is 129 Å². The van der Waals surface area contributed by atoms with Crippen LogP contribution in [0.3, 0.4) is 0 Å². The van der Waals surface area contributed by atoms with Gasteiger partial charge in [0.15, 0.2) is 0 Å². The van der Waals surface area contributed by atoms with Crippen LogP contribution in [0.25, 0.3) is 0 Å². The Hall–Kier alpha value is -0.950. The van der Waals surface area contributed by atoms with E-state index in [2.05, 4.69) is 12.2 Å². The van der Waals surface area contributed by atoms with Gasteiger partial charge in [0.1, 0.15) is 0 Å². The zero-order valence-corrected chi connectivity index (χ0v) is 14.1. The van der Waals surface area contributed by atoms with E-state index in [4.69, 9.17) is 0 Å². The van der Waals surface area contributed by atoms with Gasteiger partial charge < -0.3 is 5.32 Å². The van der Waals surface area contributed by atoms with E-state index in [9.17, 15) is 8.42 Å². The fourth-order valence-electron chi connectivity index (χ4n) is 2.00. The van der Waals surface area contributed by atoms with Gasteiger partial charge in [-0.05, 0) is 31.5 Å². The van der Waals surface area contributed by atoms with Gasteiger partial charge in [-0.15, -0.1) is 0 Å². The molecule has 0 aliphatic carbocycles. The van der Waals surface area contributed by atoms with Crippen LogP contribution in [0.4, 0.5) is 0 Å². The van der Waals surface area contributed by atoms with Crippen LogP contribution in [0.5, 0.6) is 0 Å². The normalized spacial score (nSPS) is 12.2. The molecule has 1 N–H and O–H groups in total. The van der Waals surface area contributed by atoms with Crippen molar-refractivity contribution in [1.29, 1.82) is 0 Å². The molecule has 0 saturated carbocycles. The third-order valence-corrected chi connectivity index (χ3v) is 5.18. The highest BCUT2D eigenvalue weighted by atomic mass is 32.2. The highest BCUT2D eigenvalue weighted by Gasteiger charge is 2.23. The fourth-order valence-corrected chi connectivity index (χ4v) is 3.15. The Bertz CT molecular complexity index is 491. The first-order valence-corrected chi connectivity index (χ1v) is 8.80. The topological polar surface area (TPSA) is 52.7 Å². The van der Waals surface area contributed by atoms with Gasteiger partial charge in [-0.1, -0.05) is 37.3 Å². The lowest BCUT2D eigenvalue weighted by Gasteiger charge is -2.24. The SMILES string of the molecule is CCCNCCCN(C)S(=O)(=O)N(C)Cc1ccccc1. The summed E-state index contributed by atoms with van der Waals surface area (Å²) in [6.07, 6.45) is 1.91. The van der Waals surface area contributed by atoms with Gasteiger partial charge in [0.25, 0.3) is 10.2 Å². The number of benzene rings is 1. The zero-order valence-electron chi connectivity index (χ0n) is 13.2. The number of hydrogen-bond acceptors (Lipinski definition) is 3. The minimum Gasteiger partial charge on any atom is -0.317 e. The van der Waals surface area contributed by atoms with Crippen molar-refractivity contribution in [2.24, 2.45) is 0 Å². The van der Waals surface area contributed by atoms with Crippen LogP contribution >= 0.6 is 0 Å². The standard InChI is InChI=1S/C15H27N3O2S/c1-4-11-16-12-8-13-17(2)21(19,20)18(3)14-15-9-6-5-7-10-15/h5-7,9-10,16H,4,8,11-14H2,1-3H3. The molecule has 1 aromatic rings. The van der Waals surface area contributed by atoms with Crippen molar-refractivity contribution in [2.75, 3.05) is 33.7 Å². The summed E-state index contributed by atoms with van der Waals surface area (Å²) in [5.74, 6) is 0. The minimum atomic E-state index is -3.39. The van der Waals surface area contributed by atoms with E-state index in [-0.39, 0.29) is 0 Å². The Balaban J connectivity index is 2.46. The second kappa shape index (κ2) is 9.15. The number of nitrogens with zero attached hydrogens (tertiary/aromatic N) is 2. The van der Waals surface area contributed by atoms with E-state index < -0.39 is 10.2 Å². The predicted octanol–water partition coefficient (Wildman–Crippen LogP) is 1.68. The summed E-state index contributed by atoms with van der Waals surface area (Å²) in [5.41, 5.74) is 0.988. The number of hydrogen-bond donors (Lipinski definition) is 1. The van der Waals surface area contributed by atoms with E-state index in [1.54, 1.807) is 14.1 Å². The largest absolute Gasteiger partial charge is 0.317 e. The summed E-state index contributed by atoms with van der Waals surface area (Å²) < 4.78 is 27.6. The molecule has 0 fully saturated rings. The van der Waals surface area contributed by atoms with E-state index in [0.29, 0.717) is 13.1 Å². The van der Waals surface area contributed by atoms with Crippen molar-refractivity contribution >= 4 is 10.2 Å². The molecule has 0 saturated heterocycles. The van der Waals surface area contributed by atoms with Gasteiger partial charge in [0.2, 0.25) is 0 Å². The molecule has 0 unspecified atom stereocenters. The van der Waals surface area contributed by atoms with Crippen LogP contribution in [0.15, 0.2) is 30.3 Å². The summed E-state index contributed by atoms with van der Waals surface area (Å²) in [6.45, 7) is 4.85. The van der Waals surface area contributed by atoms with E-state index in [1.807, 2.05) is 30.3 Å². The van der Waals surface area contributed by atoms with Crippen molar-refractivity contribution in [3.8, 4) is 0 Å². The van der Waals surface area contributed by atoms with Gasteiger partial charge in [-0.25, -0.2) is 0 Å². The molecule has 0 amide bonds. The lowest BCUT2D eigenvalue weighted by atomic mass is 10.2. The van der Waals surface area contributed by atoms with Crippen LogP contribution in [-0.4, -0.2) is 50.8 Å². The Morgan fingerprint density at radius 2 is 1.71 bits per heavy atom. The lowest BCUT2D eigenvalue weighted by molar-refractivity contribution is 0.384. The fraction of sp³-hybridized carbons (Fsp3) is 0.600. The molecule has 0 aliphatic rings. The maximum absolute atomic E-state index is 12.4. The van der Waals surface area contributed by atoms with Crippen LogP contribution < -0.4 is 5.32 Å². The Kier molecular flexibility index (Phi) is 7.88. The van der Waals surface area contributed by atoms with Crippen molar-refractivity contribution in [1.82, 2.24) is 13.9 Å². The van der Waals surface area contributed by atoms with E-state index in [1.165, 1.54) is 8.61 Å². The first-order valence-electron chi connectivity index (χ1n) is 7.40. The molecule has 0 bridgehead atoms. The summed E-state index contributed by atoms with van der Waals surface area (Å²) in [5, 5.41) is 3.28. The second-order valence-electron chi connectivity index (χ2n) is 5.17. The molecular formula is C15H27N3O2S. The molecule has 0 heterocycles. The first kappa shape index (κ1) is 18.1. The van der Waals surface area contributed by atoms with Crippen molar-refractivity contribution in [2.45, 2.75) is 26.3 Å². The second-order valence-corrected chi connectivity index (χ2v) is 7.32. The zero-order chi connectivity index (χ0) is 15.7. The molecule has 120 valence electrons. The maximum atomic E-state index is 12.4.